The van der Waals surface area contributed by atoms with Crippen molar-refractivity contribution in [3.8, 4) is 0 Å². The summed E-state index contributed by atoms with van der Waals surface area (Å²) in [4.78, 5) is 14.4. The summed E-state index contributed by atoms with van der Waals surface area (Å²) in [6.07, 6.45) is 14.0. The van der Waals surface area contributed by atoms with Crippen molar-refractivity contribution in [2.45, 2.75) is 112 Å². The maximum absolute atomic E-state index is 10.7. The number of hydrogen-bond donors (Lipinski definition) is 1. The molecular formula is C20H40O3. The minimum Gasteiger partial charge on any atom is -0.301 e. The van der Waals surface area contributed by atoms with Crippen molar-refractivity contribution in [3.05, 3.63) is 0 Å². The quantitative estimate of drug-likeness (QED) is 0.231. The van der Waals surface area contributed by atoms with Crippen LogP contribution in [0.5, 0.6) is 0 Å². The first-order valence-corrected chi connectivity index (χ1v) is 9.51. The Labute approximate surface area is 144 Å². The van der Waals surface area contributed by atoms with Gasteiger partial charge in [0, 0.05) is 6.42 Å². The minimum atomic E-state index is -0.514. The topological polar surface area (TPSA) is 46.5 Å². The Morgan fingerprint density at radius 1 is 0.783 bits per heavy atom. The van der Waals surface area contributed by atoms with E-state index in [1.54, 1.807) is 0 Å². The Kier molecular flexibility index (Phi) is 11.6. The highest BCUT2D eigenvalue weighted by molar-refractivity contribution is 5.68. The minimum absolute atomic E-state index is 0.334. The van der Waals surface area contributed by atoms with Crippen LogP contribution in [0.2, 0.25) is 0 Å². The van der Waals surface area contributed by atoms with Crippen LogP contribution >= 0.6 is 0 Å². The van der Waals surface area contributed by atoms with E-state index in [0.717, 1.165) is 12.8 Å². The predicted molar refractivity (Wildman–Crippen MR) is 97.4 cm³/mol. The summed E-state index contributed by atoms with van der Waals surface area (Å²) >= 11 is 0. The lowest BCUT2D eigenvalue weighted by Crippen LogP contribution is -2.20. The smallest absolute Gasteiger partial charge is 0.301 e. The molecule has 0 bridgehead atoms. The Morgan fingerprint density at radius 2 is 1.22 bits per heavy atom. The molecule has 3 heteroatoms. The van der Waals surface area contributed by atoms with Crippen LogP contribution in [0.1, 0.15) is 112 Å². The summed E-state index contributed by atoms with van der Waals surface area (Å²) in [5.74, 6) is -0.514. The molecule has 0 aliphatic carbocycles. The number of carbonyl (C=O) groups excluding carboxylic acids is 1. The standard InChI is InChI=1S/C20H40O3/c1-19(2,3)17-20(4,5)16-14-12-10-8-6-7-9-11-13-15-18(21)23-22/h22H,6-17H2,1-5H3. The fraction of sp³-hybridized carbons (Fsp3) is 0.950. The van der Waals surface area contributed by atoms with E-state index in [9.17, 15) is 4.79 Å². The van der Waals surface area contributed by atoms with Gasteiger partial charge in [0.15, 0.2) is 0 Å². The summed E-state index contributed by atoms with van der Waals surface area (Å²) in [6, 6.07) is 0. The molecule has 0 fully saturated rings. The second kappa shape index (κ2) is 11.9. The van der Waals surface area contributed by atoms with E-state index in [2.05, 4.69) is 39.5 Å². The van der Waals surface area contributed by atoms with E-state index < -0.39 is 5.97 Å². The number of carbonyl (C=O) groups is 1. The van der Waals surface area contributed by atoms with Crippen molar-refractivity contribution in [3.63, 3.8) is 0 Å². The van der Waals surface area contributed by atoms with E-state index in [-0.39, 0.29) is 0 Å². The molecule has 0 aliphatic heterocycles. The van der Waals surface area contributed by atoms with Gasteiger partial charge in [-0.05, 0) is 30.1 Å². The SMILES string of the molecule is CC(C)(C)CC(C)(C)CCCCCCCCCCCC(=O)OO. The van der Waals surface area contributed by atoms with Gasteiger partial charge in [0.1, 0.15) is 0 Å². The molecule has 0 aliphatic rings. The van der Waals surface area contributed by atoms with E-state index in [0.29, 0.717) is 17.3 Å². The second-order valence-corrected chi connectivity index (χ2v) is 9.05. The van der Waals surface area contributed by atoms with Crippen molar-refractivity contribution >= 4 is 5.97 Å². The molecule has 0 aromatic carbocycles. The molecule has 0 amide bonds. The maximum Gasteiger partial charge on any atom is 0.342 e. The molecule has 0 heterocycles. The average Bonchev–Trinajstić information content (AvgIpc) is 2.41. The van der Waals surface area contributed by atoms with Crippen LogP contribution in [0.25, 0.3) is 0 Å². The molecule has 0 saturated heterocycles. The van der Waals surface area contributed by atoms with Crippen molar-refractivity contribution in [1.82, 2.24) is 0 Å². The van der Waals surface area contributed by atoms with Crippen LogP contribution in [0.4, 0.5) is 0 Å². The van der Waals surface area contributed by atoms with Crippen molar-refractivity contribution < 1.29 is 14.9 Å². The lowest BCUT2D eigenvalue weighted by molar-refractivity contribution is -0.234. The van der Waals surface area contributed by atoms with Crippen LogP contribution in [0.15, 0.2) is 0 Å². The van der Waals surface area contributed by atoms with E-state index in [1.165, 1.54) is 57.8 Å². The van der Waals surface area contributed by atoms with Crippen LogP contribution in [-0.4, -0.2) is 11.2 Å². The normalized spacial score (nSPS) is 12.4. The Hall–Kier alpha value is -0.570. The summed E-state index contributed by atoms with van der Waals surface area (Å²) in [5.41, 5.74) is 0.894. The molecule has 0 unspecified atom stereocenters. The fourth-order valence-corrected chi connectivity index (χ4v) is 3.68. The number of hydrogen-bond acceptors (Lipinski definition) is 3. The average molecular weight is 329 g/mol. The number of unbranched alkanes of at least 4 members (excludes halogenated alkanes) is 8. The van der Waals surface area contributed by atoms with Crippen molar-refractivity contribution in [2.24, 2.45) is 10.8 Å². The van der Waals surface area contributed by atoms with Crippen LogP contribution in [-0.2, 0) is 9.68 Å². The first-order chi connectivity index (χ1) is 10.7. The Bertz CT molecular complexity index is 302. The highest BCUT2D eigenvalue weighted by Crippen LogP contribution is 2.37. The molecule has 0 rings (SSSR count). The van der Waals surface area contributed by atoms with Gasteiger partial charge < -0.3 is 4.89 Å². The van der Waals surface area contributed by atoms with Gasteiger partial charge in [-0.2, -0.15) is 5.26 Å². The zero-order valence-corrected chi connectivity index (χ0v) is 16.2. The van der Waals surface area contributed by atoms with Crippen LogP contribution in [0, 0.1) is 10.8 Å². The highest BCUT2D eigenvalue weighted by atomic mass is 17.1. The third-order valence-electron chi connectivity index (χ3n) is 4.35. The fourth-order valence-electron chi connectivity index (χ4n) is 3.68. The zero-order valence-electron chi connectivity index (χ0n) is 16.2. The second-order valence-electron chi connectivity index (χ2n) is 9.05. The third-order valence-corrected chi connectivity index (χ3v) is 4.35. The largest absolute Gasteiger partial charge is 0.342 e. The van der Waals surface area contributed by atoms with Gasteiger partial charge in [-0.1, -0.05) is 86.0 Å². The van der Waals surface area contributed by atoms with Crippen molar-refractivity contribution in [2.75, 3.05) is 0 Å². The van der Waals surface area contributed by atoms with E-state index in [4.69, 9.17) is 5.26 Å². The first-order valence-electron chi connectivity index (χ1n) is 9.51. The summed E-state index contributed by atoms with van der Waals surface area (Å²) in [5, 5.41) is 8.13. The summed E-state index contributed by atoms with van der Waals surface area (Å²) in [6.45, 7) is 11.8. The molecule has 0 aromatic rings. The summed E-state index contributed by atoms with van der Waals surface area (Å²) in [7, 11) is 0. The molecule has 0 saturated carbocycles. The first kappa shape index (κ1) is 22.4. The molecule has 0 spiro atoms. The van der Waals surface area contributed by atoms with E-state index >= 15 is 0 Å². The van der Waals surface area contributed by atoms with Crippen molar-refractivity contribution in [1.29, 1.82) is 0 Å². The molecule has 23 heavy (non-hydrogen) atoms. The van der Waals surface area contributed by atoms with E-state index in [1.807, 2.05) is 0 Å². The molecule has 0 atom stereocenters. The highest BCUT2D eigenvalue weighted by Gasteiger charge is 2.24. The monoisotopic (exact) mass is 328 g/mol. The van der Waals surface area contributed by atoms with Gasteiger partial charge in [-0.15, -0.1) is 0 Å². The zero-order chi connectivity index (χ0) is 17.8. The third kappa shape index (κ3) is 16.1. The molecule has 1 N–H and O–H groups in total. The maximum atomic E-state index is 10.7. The van der Waals surface area contributed by atoms with Crippen LogP contribution < -0.4 is 0 Å². The van der Waals surface area contributed by atoms with Crippen LogP contribution in [0.3, 0.4) is 0 Å². The molecule has 0 aromatic heterocycles. The van der Waals surface area contributed by atoms with Gasteiger partial charge in [-0.3, -0.25) is 0 Å². The van der Waals surface area contributed by atoms with Gasteiger partial charge in [0.05, 0.1) is 0 Å². The summed E-state index contributed by atoms with van der Waals surface area (Å²) < 4.78 is 0. The Balaban J connectivity index is 3.38. The van der Waals surface area contributed by atoms with Gasteiger partial charge >= 0.3 is 5.97 Å². The van der Waals surface area contributed by atoms with Gasteiger partial charge in [-0.25, -0.2) is 4.79 Å². The van der Waals surface area contributed by atoms with Gasteiger partial charge in [0.2, 0.25) is 0 Å². The number of rotatable bonds is 13. The predicted octanol–water partition coefficient (Wildman–Crippen LogP) is 6.76. The molecule has 3 nitrogen and oxygen atoms in total. The Morgan fingerprint density at radius 3 is 1.65 bits per heavy atom. The van der Waals surface area contributed by atoms with Gasteiger partial charge in [0.25, 0.3) is 0 Å². The molecular weight excluding hydrogens is 288 g/mol. The lowest BCUT2D eigenvalue weighted by atomic mass is 9.73. The molecule has 0 radical (unpaired) electrons. The molecule has 138 valence electrons. The lowest BCUT2D eigenvalue weighted by Gasteiger charge is -2.32.